The van der Waals surface area contributed by atoms with Gasteiger partial charge in [0.1, 0.15) is 0 Å². The first-order valence-electron chi connectivity index (χ1n) is 11.3. The van der Waals surface area contributed by atoms with Gasteiger partial charge >= 0.3 is 0 Å². The fourth-order valence-corrected chi connectivity index (χ4v) is 3.42. The summed E-state index contributed by atoms with van der Waals surface area (Å²) in [5.74, 6) is -0.278. The third-order valence-electron chi connectivity index (χ3n) is 5.00. The summed E-state index contributed by atoms with van der Waals surface area (Å²) in [7, 11) is 0. The van der Waals surface area contributed by atoms with Crippen molar-refractivity contribution in [2.75, 3.05) is 6.61 Å². The second-order valence-corrected chi connectivity index (χ2v) is 9.97. The number of unbranched alkanes of at least 4 members (excludes halogenated alkanes) is 17. The molecule has 5 heteroatoms. The van der Waals surface area contributed by atoms with Crippen molar-refractivity contribution in [1.29, 1.82) is 5.41 Å². The zero-order chi connectivity index (χ0) is 20.2. The monoisotopic (exact) mass is 441 g/mol. The van der Waals surface area contributed by atoms with Crippen LogP contribution in [0.5, 0.6) is 0 Å². The lowest BCUT2D eigenvalue weighted by Gasteiger charge is -2.13. The van der Waals surface area contributed by atoms with Crippen molar-refractivity contribution in [2.24, 2.45) is 0 Å². The van der Waals surface area contributed by atoms with E-state index in [2.05, 4.69) is 6.92 Å². The first-order chi connectivity index (χ1) is 13.0. The Bertz CT molecular complexity index is 332. The largest absolute Gasteiger partial charge is 0.478 e. The van der Waals surface area contributed by atoms with Crippen molar-refractivity contribution in [3.63, 3.8) is 0 Å². The maximum absolute atomic E-state index is 7.43. The molecule has 0 aliphatic rings. The summed E-state index contributed by atoms with van der Waals surface area (Å²) in [6.45, 7) is 2.74. The number of rotatable bonds is 19. The molecule has 0 saturated carbocycles. The second kappa shape index (κ2) is 19.6. The van der Waals surface area contributed by atoms with Gasteiger partial charge in [0.2, 0.25) is 5.90 Å². The van der Waals surface area contributed by atoms with Gasteiger partial charge in [-0.05, 0) is 6.42 Å². The molecule has 2 nitrogen and oxygen atoms in total. The lowest BCUT2D eigenvalue weighted by molar-refractivity contribution is 0.284. The Kier molecular flexibility index (Phi) is 19.9. The van der Waals surface area contributed by atoms with Crippen molar-refractivity contribution in [3.05, 3.63) is 0 Å². The average Bonchev–Trinajstić information content (AvgIpc) is 2.62. The van der Waals surface area contributed by atoms with E-state index in [4.69, 9.17) is 44.9 Å². The highest BCUT2D eigenvalue weighted by Crippen LogP contribution is 2.27. The highest BCUT2D eigenvalue weighted by molar-refractivity contribution is 6.76. The number of hydrogen-bond acceptors (Lipinski definition) is 2. The molecule has 0 heterocycles. The summed E-state index contributed by atoms with van der Waals surface area (Å²) in [6.07, 6.45) is 24.3. The summed E-state index contributed by atoms with van der Waals surface area (Å²) in [5.41, 5.74) is 0. The summed E-state index contributed by atoms with van der Waals surface area (Å²) < 4.78 is 3.39. The molecular formula is C22H42Cl3NO. The number of halogens is 3. The van der Waals surface area contributed by atoms with Gasteiger partial charge in [-0.15, -0.1) is 0 Å². The quantitative estimate of drug-likeness (QED) is 0.0918. The molecule has 0 aromatic rings. The first kappa shape index (κ1) is 27.3. The van der Waals surface area contributed by atoms with E-state index >= 15 is 0 Å². The predicted molar refractivity (Wildman–Crippen MR) is 123 cm³/mol. The van der Waals surface area contributed by atoms with E-state index in [1.54, 1.807) is 0 Å². The maximum Gasteiger partial charge on any atom is 0.265 e. The van der Waals surface area contributed by atoms with Gasteiger partial charge in [0.05, 0.1) is 6.61 Å². The van der Waals surface area contributed by atoms with Crippen LogP contribution in [0, 0.1) is 5.41 Å². The van der Waals surface area contributed by atoms with Crippen molar-refractivity contribution in [3.8, 4) is 0 Å². The molecule has 1 N–H and O–H groups in total. The van der Waals surface area contributed by atoms with Crippen LogP contribution in [0.2, 0.25) is 0 Å². The van der Waals surface area contributed by atoms with Gasteiger partial charge in [-0.3, -0.25) is 5.41 Å². The predicted octanol–water partition coefficient (Wildman–Crippen LogP) is 9.39. The summed E-state index contributed by atoms with van der Waals surface area (Å²) in [5, 5.41) is 7.43. The fraction of sp³-hybridized carbons (Fsp3) is 0.955. The lowest BCUT2D eigenvalue weighted by Crippen LogP contribution is -2.21. The number of alkyl halides is 3. The van der Waals surface area contributed by atoms with Gasteiger partial charge in [-0.2, -0.15) is 0 Å². The van der Waals surface area contributed by atoms with E-state index in [-0.39, 0.29) is 5.90 Å². The molecule has 0 aromatic heterocycles. The molecule has 0 spiro atoms. The molecule has 0 radical (unpaired) electrons. The molecule has 0 bridgehead atoms. The van der Waals surface area contributed by atoms with Crippen LogP contribution in [0.1, 0.15) is 122 Å². The minimum atomic E-state index is -1.73. The van der Waals surface area contributed by atoms with Crippen molar-refractivity contribution in [2.45, 2.75) is 126 Å². The van der Waals surface area contributed by atoms with Crippen LogP contribution < -0.4 is 0 Å². The third kappa shape index (κ3) is 20.9. The lowest BCUT2D eigenvalue weighted by atomic mass is 10.0. The van der Waals surface area contributed by atoms with E-state index in [0.717, 1.165) is 12.8 Å². The molecule has 0 atom stereocenters. The minimum absolute atomic E-state index is 0.278. The van der Waals surface area contributed by atoms with E-state index in [1.807, 2.05) is 0 Å². The molecule has 0 aromatic carbocycles. The van der Waals surface area contributed by atoms with Gasteiger partial charge < -0.3 is 4.74 Å². The summed E-state index contributed by atoms with van der Waals surface area (Å²) >= 11 is 16.7. The fourth-order valence-electron chi connectivity index (χ4n) is 3.26. The van der Waals surface area contributed by atoms with E-state index in [0.29, 0.717) is 6.61 Å². The Morgan fingerprint density at radius 1 is 0.593 bits per heavy atom. The molecule has 0 rings (SSSR count). The highest BCUT2D eigenvalue weighted by Gasteiger charge is 2.28. The first-order valence-corrected chi connectivity index (χ1v) is 12.4. The molecule has 0 aliphatic carbocycles. The van der Waals surface area contributed by atoms with Crippen LogP contribution >= 0.6 is 34.8 Å². The van der Waals surface area contributed by atoms with Gasteiger partial charge in [0.25, 0.3) is 3.79 Å². The molecule has 27 heavy (non-hydrogen) atoms. The molecule has 0 aliphatic heterocycles. The van der Waals surface area contributed by atoms with Crippen molar-refractivity contribution < 1.29 is 4.74 Å². The van der Waals surface area contributed by atoms with Gasteiger partial charge in [-0.1, -0.05) is 151 Å². The van der Waals surface area contributed by atoms with Crippen LogP contribution in [-0.4, -0.2) is 16.3 Å². The van der Waals surface area contributed by atoms with Gasteiger partial charge in [0.15, 0.2) is 0 Å². The Morgan fingerprint density at radius 3 is 1.19 bits per heavy atom. The Labute approximate surface area is 183 Å². The molecular weight excluding hydrogens is 401 g/mol. The zero-order valence-corrected chi connectivity index (χ0v) is 19.7. The smallest absolute Gasteiger partial charge is 0.265 e. The molecule has 0 saturated heterocycles. The van der Waals surface area contributed by atoms with E-state index < -0.39 is 3.79 Å². The summed E-state index contributed by atoms with van der Waals surface area (Å²) in [6, 6.07) is 0. The van der Waals surface area contributed by atoms with Gasteiger partial charge in [-0.25, -0.2) is 0 Å². The highest BCUT2D eigenvalue weighted by atomic mass is 35.6. The molecule has 0 amide bonds. The number of ether oxygens (including phenoxy) is 1. The second-order valence-electron chi connectivity index (χ2n) is 7.69. The zero-order valence-electron chi connectivity index (χ0n) is 17.5. The number of nitrogens with one attached hydrogen (secondary N) is 1. The molecule has 0 unspecified atom stereocenters. The standard InChI is InChI=1S/C22H42Cl3NO/c1-2-3-4-5-6-7-8-9-10-11-12-13-14-15-16-17-18-19-20-27-21(26)22(23,24)25/h26H,2-20H2,1H3. The van der Waals surface area contributed by atoms with Crippen LogP contribution in [0.25, 0.3) is 0 Å². The average molecular weight is 443 g/mol. The van der Waals surface area contributed by atoms with E-state index in [1.165, 1.54) is 103 Å². The van der Waals surface area contributed by atoms with Crippen LogP contribution in [-0.2, 0) is 4.74 Å². The van der Waals surface area contributed by atoms with Crippen molar-refractivity contribution >= 4 is 40.7 Å². The minimum Gasteiger partial charge on any atom is -0.478 e. The summed E-state index contributed by atoms with van der Waals surface area (Å²) in [4.78, 5) is 0. The Morgan fingerprint density at radius 2 is 0.889 bits per heavy atom. The van der Waals surface area contributed by atoms with Gasteiger partial charge in [0, 0.05) is 0 Å². The topological polar surface area (TPSA) is 33.1 Å². The molecule has 162 valence electrons. The van der Waals surface area contributed by atoms with Crippen LogP contribution in [0.3, 0.4) is 0 Å². The van der Waals surface area contributed by atoms with Crippen LogP contribution in [0.15, 0.2) is 0 Å². The van der Waals surface area contributed by atoms with Crippen molar-refractivity contribution in [1.82, 2.24) is 0 Å². The Hall–Kier alpha value is 0.340. The maximum atomic E-state index is 7.43. The third-order valence-corrected chi connectivity index (χ3v) is 5.52. The SMILES string of the molecule is CCCCCCCCCCCCCCCCCCCCOC(=N)C(Cl)(Cl)Cl. The number of hydrogen-bond donors (Lipinski definition) is 1. The van der Waals surface area contributed by atoms with Crippen LogP contribution in [0.4, 0.5) is 0 Å². The normalized spacial score (nSPS) is 11.7. The molecule has 0 fully saturated rings. The Balaban J connectivity index is 3.10. The van der Waals surface area contributed by atoms with E-state index in [9.17, 15) is 0 Å².